The fourth-order valence-electron chi connectivity index (χ4n) is 2.21. The van der Waals surface area contributed by atoms with E-state index in [1.807, 2.05) is 18.2 Å². The molecule has 0 atom stereocenters. The van der Waals surface area contributed by atoms with Gasteiger partial charge in [-0.25, -0.2) is 8.78 Å². The molecule has 0 heterocycles. The highest BCUT2D eigenvalue weighted by atomic mass is 19.3. The Morgan fingerprint density at radius 1 is 1.00 bits per heavy atom. The molecular weight excluding hydrogens is 268 g/mol. The quantitative estimate of drug-likeness (QED) is 0.701. The van der Waals surface area contributed by atoms with E-state index in [1.165, 1.54) is 24.5 Å². The number of benzene rings is 2. The fraction of sp³-hybridized carbons (Fsp3) is 0.333. The van der Waals surface area contributed by atoms with Gasteiger partial charge in [0, 0.05) is 17.8 Å². The van der Waals surface area contributed by atoms with Gasteiger partial charge in [-0.1, -0.05) is 43.7 Å². The average molecular weight is 289 g/mol. The Bertz CT molecular complexity index is 549. The van der Waals surface area contributed by atoms with Gasteiger partial charge in [0.2, 0.25) is 0 Å². The van der Waals surface area contributed by atoms with Crippen molar-refractivity contribution in [3.63, 3.8) is 0 Å². The second-order valence-electron chi connectivity index (χ2n) is 5.20. The van der Waals surface area contributed by atoms with Crippen LogP contribution in [0.2, 0.25) is 0 Å². The zero-order valence-electron chi connectivity index (χ0n) is 12.3. The molecule has 21 heavy (non-hydrogen) atoms. The molecule has 2 aromatic carbocycles. The first-order chi connectivity index (χ1) is 10.2. The van der Waals surface area contributed by atoms with Crippen LogP contribution in [0.5, 0.6) is 0 Å². The fourth-order valence-corrected chi connectivity index (χ4v) is 2.21. The molecule has 2 rings (SSSR count). The lowest BCUT2D eigenvalue weighted by Crippen LogP contribution is -2.00. The number of hydrogen-bond donors (Lipinski definition) is 1. The minimum absolute atomic E-state index is 0.0733. The Morgan fingerprint density at radius 3 is 2.43 bits per heavy atom. The third kappa shape index (κ3) is 4.85. The summed E-state index contributed by atoms with van der Waals surface area (Å²) in [5.41, 5.74) is 3.28. The summed E-state index contributed by atoms with van der Waals surface area (Å²) in [6.07, 6.45) is 1.09. The first-order valence-electron chi connectivity index (χ1n) is 7.39. The molecule has 0 aliphatic heterocycles. The van der Waals surface area contributed by atoms with Gasteiger partial charge in [0.1, 0.15) is 0 Å². The maximum absolute atomic E-state index is 12.6. The van der Waals surface area contributed by atoms with Gasteiger partial charge in [-0.3, -0.25) is 0 Å². The van der Waals surface area contributed by atoms with Gasteiger partial charge in [0.05, 0.1) is 0 Å². The predicted molar refractivity (Wildman–Crippen MR) is 83.8 cm³/mol. The van der Waals surface area contributed by atoms with E-state index in [0.717, 1.165) is 17.7 Å². The Balaban J connectivity index is 1.92. The highest BCUT2D eigenvalue weighted by Gasteiger charge is 2.06. The summed E-state index contributed by atoms with van der Waals surface area (Å²) in [6.45, 7) is 2.73. The third-order valence-electron chi connectivity index (χ3n) is 3.47. The maximum Gasteiger partial charge on any atom is 0.263 e. The van der Waals surface area contributed by atoms with Crippen molar-refractivity contribution in [1.82, 2.24) is 0 Å². The molecule has 0 bridgehead atoms. The third-order valence-corrected chi connectivity index (χ3v) is 3.47. The molecule has 1 nitrogen and oxygen atoms in total. The van der Waals surface area contributed by atoms with Crippen molar-refractivity contribution in [2.45, 2.75) is 39.2 Å². The lowest BCUT2D eigenvalue weighted by molar-refractivity contribution is 0.151. The number of hydrogen-bond acceptors (Lipinski definition) is 1. The Labute approximate surface area is 125 Å². The van der Waals surface area contributed by atoms with Crippen molar-refractivity contribution in [2.75, 3.05) is 5.32 Å². The first kappa shape index (κ1) is 15.5. The molecule has 0 amide bonds. The normalized spacial score (nSPS) is 10.9. The number of anilines is 1. The van der Waals surface area contributed by atoms with Gasteiger partial charge >= 0.3 is 0 Å². The van der Waals surface area contributed by atoms with Gasteiger partial charge in [0.15, 0.2) is 0 Å². The summed E-state index contributed by atoms with van der Waals surface area (Å²) in [5, 5.41) is 3.27. The highest BCUT2D eigenvalue weighted by Crippen LogP contribution is 2.20. The maximum atomic E-state index is 12.6. The van der Waals surface area contributed by atoms with Crippen LogP contribution in [-0.4, -0.2) is 0 Å². The van der Waals surface area contributed by atoms with E-state index in [-0.39, 0.29) is 5.56 Å². The van der Waals surface area contributed by atoms with Crippen LogP contribution >= 0.6 is 0 Å². The molecule has 0 fully saturated rings. The highest BCUT2D eigenvalue weighted by molar-refractivity contribution is 5.45. The molecule has 0 saturated heterocycles. The van der Waals surface area contributed by atoms with Crippen LogP contribution in [0.3, 0.4) is 0 Å². The second kappa shape index (κ2) is 7.77. The number of unbranched alkanes of at least 4 members (excludes halogenated alkanes) is 1. The summed E-state index contributed by atoms with van der Waals surface area (Å²) in [5.74, 6) is 0. The van der Waals surface area contributed by atoms with Crippen LogP contribution in [0.25, 0.3) is 0 Å². The molecular formula is C18H21F2N. The van der Waals surface area contributed by atoms with Crippen molar-refractivity contribution in [3.8, 4) is 0 Å². The molecule has 112 valence electrons. The number of nitrogens with one attached hydrogen (secondary N) is 1. The summed E-state index contributed by atoms with van der Waals surface area (Å²) in [7, 11) is 0. The molecule has 1 N–H and O–H groups in total. The molecule has 0 aromatic heterocycles. The van der Waals surface area contributed by atoms with E-state index in [2.05, 4.69) is 24.4 Å². The van der Waals surface area contributed by atoms with Crippen molar-refractivity contribution < 1.29 is 8.78 Å². The van der Waals surface area contributed by atoms with E-state index in [4.69, 9.17) is 0 Å². The summed E-state index contributed by atoms with van der Waals surface area (Å²) >= 11 is 0. The van der Waals surface area contributed by atoms with E-state index in [0.29, 0.717) is 6.54 Å². The van der Waals surface area contributed by atoms with Crippen molar-refractivity contribution in [1.29, 1.82) is 0 Å². The van der Waals surface area contributed by atoms with Crippen LogP contribution < -0.4 is 5.32 Å². The number of aryl methyl sites for hydroxylation is 1. The summed E-state index contributed by atoms with van der Waals surface area (Å²) < 4.78 is 25.3. The smallest absolute Gasteiger partial charge is 0.263 e. The molecule has 0 unspecified atom stereocenters. The van der Waals surface area contributed by atoms with Gasteiger partial charge < -0.3 is 5.32 Å². The van der Waals surface area contributed by atoms with Crippen molar-refractivity contribution in [3.05, 3.63) is 65.2 Å². The lowest BCUT2D eigenvalue weighted by Gasteiger charge is -2.09. The molecule has 0 radical (unpaired) electrons. The number of alkyl halides is 2. The SMILES string of the molecule is CCCCc1ccc(NCc2cccc(C(F)F)c2)cc1. The zero-order valence-corrected chi connectivity index (χ0v) is 12.3. The molecule has 2 aromatic rings. The number of halogens is 2. The van der Waals surface area contributed by atoms with Crippen molar-refractivity contribution in [2.24, 2.45) is 0 Å². The lowest BCUT2D eigenvalue weighted by atomic mass is 10.1. The van der Waals surface area contributed by atoms with E-state index >= 15 is 0 Å². The summed E-state index contributed by atoms with van der Waals surface area (Å²) in [6, 6.07) is 14.9. The van der Waals surface area contributed by atoms with Gasteiger partial charge in [-0.2, -0.15) is 0 Å². The molecule has 0 aliphatic rings. The molecule has 0 saturated carbocycles. The van der Waals surface area contributed by atoms with Gasteiger partial charge in [-0.05, 0) is 42.2 Å². The van der Waals surface area contributed by atoms with E-state index in [9.17, 15) is 8.78 Å². The van der Waals surface area contributed by atoms with Gasteiger partial charge in [-0.15, -0.1) is 0 Å². The van der Waals surface area contributed by atoms with Crippen LogP contribution in [0, 0.1) is 0 Å². The van der Waals surface area contributed by atoms with Crippen LogP contribution in [0.15, 0.2) is 48.5 Å². The largest absolute Gasteiger partial charge is 0.381 e. The molecule has 3 heteroatoms. The van der Waals surface area contributed by atoms with Gasteiger partial charge in [0.25, 0.3) is 6.43 Å². The van der Waals surface area contributed by atoms with Crippen LogP contribution in [0.4, 0.5) is 14.5 Å². The monoisotopic (exact) mass is 289 g/mol. The summed E-state index contributed by atoms with van der Waals surface area (Å²) in [4.78, 5) is 0. The standard InChI is InChI=1S/C18H21F2N/c1-2-3-5-14-8-10-17(11-9-14)21-13-15-6-4-7-16(12-15)18(19)20/h4,6-12,18,21H,2-3,5,13H2,1H3. The Hall–Kier alpha value is -1.90. The van der Waals surface area contributed by atoms with Crippen LogP contribution in [-0.2, 0) is 13.0 Å². The van der Waals surface area contributed by atoms with E-state index in [1.54, 1.807) is 12.1 Å². The van der Waals surface area contributed by atoms with Crippen molar-refractivity contribution >= 4 is 5.69 Å². The minimum Gasteiger partial charge on any atom is -0.381 e. The molecule has 0 spiro atoms. The second-order valence-corrected chi connectivity index (χ2v) is 5.20. The van der Waals surface area contributed by atoms with E-state index < -0.39 is 6.43 Å². The Kier molecular flexibility index (Phi) is 5.73. The topological polar surface area (TPSA) is 12.0 Å². The minimum atomic E-state index is -2.41. The molecule has 0 aliphatic carbocycles. The average Bonchev–Trinajstić information content (AvgIpc) is 2.52. The van der Waals surface area contributed by atoms with Crippen LogP contribution in [0.1, 0.15) is 42.9 Å². The first-order valence-corrected chi connectivity index (χ1v) is 7.39. The number of rotatable bonds is 7. The zero-order chi connectivity index (χ0) is 15.1. The predicted octanol–water partition coefficient (Wildman–Crippen LogP) is 5.58. The Morgan fingerprint density at radius 2 is 1.76 bits per heavy atom.